The van der Waals surface area contributed by atoms with Crippen molar-refractivity contribution in [2.75, 3.05) is 5.32 Å². The van der Waals surface area contributed by atoms with Crippen LogP contribution in [0.4, 0.5) is 11.6 Å². The third kappa shape index (κ3) is 3.39. The standard InChI is InChI=1S/C28H27N7O3/c1-27(2,3)21-13-17(8-11-29-21)34-22-19(24(37)35(34)16-5-6-16)14-30-26(32-22)31-15-4-7-20-18(12-15)23(36)33-25(38)28(20)9-10-28/h4,7-8,11-14,16H,5-6,9-10H2,1-3H3,(H,30,31,32)(H,33,36,38). The van der Waals surface area contributed by atoms with E-state index in [9.17, 15) is 14.4 Å². The minimum Gasteiger partial charge on any atom is -0.324 e. The molecule has 0 bridgehead atoms. The van der Waals surface area contributed by atoms with Gasteiger partial charge < -0.3 is 5.32 Å². The first-order valence-electron chi connectivity index (χ1n) is 12.9. The lowest BCUT2D eigenvalue weighted by Gasteiger charge is -2.24. The van der Waals surface area contributed by atoms with Gasteiger partial charge in [-0.25, -0.2) is 14.3 Å². The summed E-state index contributed by atoms with van der Waals surface area (Å²) in [4.78, 5) is 52.0. The van der Waals surface area contributed by atoms with Crippen LogP contribution < -0.4 is 16.2 Å². The molecule has 7 rings (SSSR count). The first-order chi connectivity index (χ1) is 18.2. The quantitative estimate of drug-likeness (QED) is 0.403. The molecule has 2 N–H and O–H groups in total. The van der Waals surface area contributed by atoms with Crippen LogP contribution >= 0.6 is 0 Å². The van der Waals surface area contributed by atoms with E-state index in [-0.39, 0.29) is 22.9 Å². The number of rotatable bonds is 4. The predicted molar refractivity (Wildman–Crippen MR) is 141 cm³/mol. The van der Waals surface area contributed by atoms with E-state index >= 15 is 0 Å². The van der Waals surface area contributed by atoms with Crippen LogP contribution in [0.5, 0.6) is 0 Å². The molecule has 3 aromatic heterocycles. The summed E-state index contributed by atoms with van der Waals surface area (Å²) in [5, 5.41) is 6.12. The van der Waals surface area contributed by atoms with Gasteiger partial charge in [-0.3, -0.25) is 24.7 Å². The minimum absolute atomic E-state index is 0.118. The van der Waals surface area contributed by atoms with E-state index in [1.807, 2.05) is 28.9 Å². The maximum atomic E-state index is 13.4. The highest BCUT2D eigenvalue weighted by Crippen LogP contribution is 2.51. The zero-order chi connectivity index (χ0) is 26.4. The Kier molecular flexibility index (Phi) is 4.56. The Bertz CT molecular complexity index is 1740. The van der Waals surface area contributed by atoms with E-state index in [1.54, 1.807) is 23.1 Å². The number of nitrogens with one attached hydrogen (secondary N) is 2. The maximum Gasteiger partial charge on any atom is 0.278 e. The fraction of sp³-hybridized carbons (Fsp3) is 0.357. The van der Waals surface area contributed by atoms with E-state index in [0.717, 1.165) is 42.6 Å². The monoisotopic (exact) mass is 509 g/mol. The number of anilines is 2. The highest BCUT2D eigenvalue weighted by Gasteiger charge is 2.55. The topological polar surface area (TPSA) is 124 Å². The molecule has 38 heavy (non-hydrogen) atoms. The molecule has 0 unspecified atom stereocenters. The van der Waals surface area contributed by atoms with Crippen LogP contribution in [0.25, 0.3) is 16.7 Å². The summed E-state index contributed by atoms with van der Waals surface area (Å²) in [6.45, 7) is 6.31. The van der Waals surface area contributed by atoms with Gasteiger partial charge in [0.25, 0.3) is 11.5 Å². The van der Waals surface area contributed by atoms with Crippen LogP contribution in [-0.2, 0) is 15.6 Å². The molecule has 0 saturated heterocycles. The number of pyridine rings is 1. The van der Waals surface area contributed by atoms with E-state index in [0.29, 0.717) is 28.2 Å². The number of fused-ring (bicyclic) bond motifs is 3. The van der Waals surface area contributed by atoms with E-state index in [4.69, 9.17) is 4.98 Å². The van der Waals surface area contributed by atoms with Gasteiger partial charge in [-0.1, -0.05) is 26.8 Å². The molecule has 0 radical (unpaired) electrons. The Morgan fingerprint density at radius 1 is 1.05 bits per heavy atom. The molecule has 1 spiro atoms. The Balaban J connectivity index is 1.32. The smallest absolute Gasteiger partial charge is 0.278 e. The summed E-state index contributed by atoms with van der Waals surface area (Å²) in [5.41, 5.74) is 3.27. The van der Waals surface area contributed by atoms with Crippen molar-refractivity contribution >= 4 is 34.5 Å². The number of imide groups is 1. The molecule has 2 saturated carbocycles. The molecular formula is C28H27N7O3. The lowest BCUT2D eigenvalue weighted by atomic mass is 9.86. The number of carbonyl (C=O) groups excluding carboxylic acids is 2. The number of aromatic nitrogens is 5. The first kappa shape index (κ1) is 22.8. The largest absolute Gasteiger partial charge is 0.324 e. The van der Waals surface area contributed by atoms with Gasteiger partial charge in [0, 0.05) is 34.8 Å². The molecule has 192 valence electrons. The normalized spacial score (nSPS) is 18.0. The van der Waals surface area contributed by atoms with Gasteiger partial charge in [0.2, 0.25) is 11.9 Å². The van der Waals surface area contributed by atoms with Crippen molar-refractivity contribution in [1.82, 2.24) is 29.6 Å². The van der Waals surface area contributed by atoms with E-state index in [1.165, 1.54) is 0 Å². The summed E-state index contributed by atoms with van der Waals surface area (Å²) < 4.78 is 3.65. The molecule has 4 aromatic rings. The second kappa shape index (κ2) is 7.59. The molecule has 2 amide bonds. The number of carbonyl (C=O) groups is 2. The third-order valence-electron chi connectivity index (χ3n) is 7.72. The van der Waals surface area contributed by atoms with Crippen LogP contribution in [0.3, 0.4) is 0 Å². The average molecular weight is 510 g/mol. The van der Waals surface area contributed by atoms with Crippen LogP contribution in [0, 0.1) is 0 Å². The molecule has 2 aliphatic carbocycles. The number of nitrogens with zero attached hydrogens (tertiary/aromatic N) is 5. The van der Waals surface area contributed by atoms with E-state index < -0.39 is 11.3 Å². The maximum absolute atomic E-state index is 13.4. The first-order valence-corrected chi connectivity index (χ1v) is 12.9. The van der Waals surface area contributed by atoms with Crippen molar-refractivity contribution < 1.29 is 9.59 Å². The average Bonchev–Trinajstić information content (AvgIpc) is 3.81. The highest BCUT2D eigenvalue weighted by molar-refractivity contribution is 6.14. The summed E-state index contributed by atoms with van der Waals surface area (Å²) >= 11 is 0. The Morgan fingerprint density at radius 2 is 1.84 bits per heavy atom. The number of hydrogen-bond acceptors (Lipinski definition) is 7. The van der Waals surface area contributed by atoms with Crippen molar-refractivity contribution in [3.63, 3.8) is 0 Å². The summed E-state index contributed by atoms with van der Waals surface area (Å²) in [6, 6.07) is 9.41. The van der Waals surface area contributed by atoms with Gasteiger partial charge in [0.15, 0.2) is 5.65 Å². The van der Waals surface area contributed by atoms with Crippen molar-refractivity contribution in [1.29, 1.82) is 0 Å². The zero-order valence-electron chi connectivity index (χ0n) is 21.4. The molecular weight excluding hydrogens is 482 g/mol. The molecule has 2 fully saturated rings. The Morgan fingerprint density at radius 3 is 2.55 bits per heavy atom. The molecule has 4 heterocycles. The number of hydrogen-bond donors (Lipinski definition) is 2. The number of benzene rings is 1. The summed E-state index contributed by atoms with van der Waals surface area (Å²) in [6.07, 6.45) is 6.68. The van der Waals surface area contributed by atoms with Crippen molar-refractivity contribution in [3.05, 3.63) is 69.9 Å². The molecule has 10 nitrogen and oxygen atoms in total. The molecule has 0 atom stereocenters. The van der Waals surface area contributed by atoms with Crippen LogP contribution in [0.2, 0.25) is 0 Å². The minimum atomic E-state index is -0.574. The van der Waals surface area contributed by atoms with Gasteiger partial charge >= 0.3 is 0 Å². The van der Waals surface area contributed by atoms with Crippen molar-refractivity contribution in [3.8, 4) is 5.69 Å². The summed E-state index contributed by atoms with van der Waals surface area (Å²) in [5.74, 6) is -0.309. The van der Waals surface area contributed by atoms with Gasteiger partial charge in [-0.05, 0) is 55.5 Å². The van der Waals surface area contributed by atoms with Crippen molar-refractivity contribution in [2.45, 2.75) is 63.3 Å². The fourth-order valence-electron chi connectivity index (χ4n) is 5.31. The zero-order valence-corrected chi connectivity index (χ0v) is 21.4. The van der Waals surface area contributed by atoms with Crippen LogP contribution in [-0.4, -0.2) is 36.1 Å². The SMILES string of the molecule is CC(C)(C)c1cc(-n2c3nc(Nc4ccc5c(c4)C(=O)NC(=O)C54CC4)ncc3c(=O)n2C2CC2)ccn1. The number of amides is 2. The third-order valence-corrected chi connectivity index (χ3v) is 7.72. The highest BCUT2D eigenvalue weighted by atomic mass is 16.2. The fourth-order valence-corrected chi connectivity index (χ4v) is 5.31. The van der Waals surface area contributed by atoms with Gasteiger partial charge in [0.1, 0.15) is 5.39 Å². The van der Waals surface area contributed by atoms with Gasteiger partial charge in [-0.15, -0.1) is 0 Å². The lowest BCUT2D eigenvalue weighted by Crippen LogP contribution is -2.44. The molecule has 1 aromatic carbocycles. The molecule has 3 aliphatic rings. The second-order valence-corrected chi connectivity index (χ2v) is 11.5. The van der Waals surface area contributed by atoms with Gasteiger partial charge in [-0.2, -0.15) is 4.98 Å². The van der Waals surface area contributed by atoms with Crippen LogP contribution in [0.1, 0.15) is 74.1 Å². The predicted octanol–water partition coefficient (Wildman–Crippen LogP) is 3.65. The summed E-state index contributed by atoms with van der Waals surface area (Å²) in [7, 11) is 0. The second-order valence-electron chi connectivity index (χ2n) is 11.5. The van der Waals surface area contributed by atoms with Crippen molar-refractivity contribution in [2.24, 2.45) is 0 Å². The van der Waals surface area contributed by atoms with Gasteiger partial charge in [0.05, 0.1) is 17.1 Å². The van der Waals surface area contributed by atoms with Crippen LogP contribution in [0.15, 0.2) is 47.5 Å². The molecule has 1 aliphatic heterocycles. The van der Waals surface area contributed by atoms with E-state index in [2.05, 4.69) is 41.4 Å². The molecule has 10 heteroatoms. The lowest BCUT2D eigenvalue weighted by molar-refractivity contribution is -0.122. The Labute approximate surface area is 218 Å². The Hall–Kier alpha value is -4.34.